The normalized spacial score (nSPS) is 11.5. The Hall–Kier alpha value is -2.96. The zero-order valence-corrected chi connectivity index (χ0v) is 11.3. The van der Waals surface area contributed by atoms with Crippen molar-refractivity contribution in [2.45, 2.75) is 13.5 Å². The third kappa shape index (κ3) is 1.60. The van der Waals surface area contributed by atoms with Gasteiger partial charge in [0.1, 0.15) is 11.8 Å². The summed E-state index contributed by atoms with van der Waals surface area (Å²) in [5, 5.41) is 11.1. The fourth-order valence-electron chi connectivity index (χ4n) is 2.68. The summed E-state index contributed by atoms with van der Waals surface area (Å²) in [7, 11) is 0. The molecule has 104 valence electrons. The van der Waals surface area contributed by atoms with Gasteiger partial charge in [0.2, 0.25) is 0 Å². The molecule has 0 fully saturated rings. The molecule has 0 radical (unpaired) electrons. The summed E-state index contributed by atoms with van der Waals surface area (Å²) in [6.07, 6.45) is 3.38. The summed E-state index contributed by atoms with van der Waals surface area (Å²) >= 11 is 0. The van der Waals surface area contributed by atoms with Gasteiger partial charge in [0.25, 0.3) is 5.56 Å². The zero-order valence-electron chi connectivity index (χ0n) is 11.3. The van der Waals surface area contributed by atoms with Crippen molar-refractivity contribution in [1.29, 1.82) is 0 Å². The van der Waals surface area contributed by atoms with Crippen molar-refractivity contribution in [2.75, 3.05) is 0 Å². The number of fused-ring (bicyclic) bond motifs is 3. The van der Waals surface area contributed by atoms with Gasteiger partial charge in [-0.05, 0) is 35.5 Å². The van der Waals surface area contributed by atoms with E-state index in [0.29, 0.717) is 12.1 Å². The Balaban J connectivity index is 2.18. The number of aryl methyl sites for hydroxylation is 1. The van der Waals surface area contributed by atoms with E-state index in [4.69, 9.17) is 0 Å². The number of hydrogen-bond acceptors (Lipinski definition) is 4. The molecule has 0 spiro atoms. The quantitative estimate of drug-likeness (QED) is 0.554. The van der Waals surface area contributed by atoms with Gasteiger partial charge >= 0.3 is 0 Å². The largest absolute Gasteiger partial charge is 0.308 e. The minimum Gasteiger partial charge on any atom is -0.308 e. The van der Waals surface area contributed by atoms with Crippen molar-refractivity contribution in [1.82, 2.24) is 29.2 Å². The molecule has 1 aromatic carbocycles. The summed E-state index contributed by atoms with van der Waals surface area (Å²) in [6.45, 7) is 2.59. The highest BCUT2D eigenvalue weighted by Crippen LogP contribution is 2.18. The zero-order chi connectivity index (χ0) is 14.4. The molecule has 0 aliphatic rings. The van der Waals surface area contributed by atoms with Gasteiger partial charge in [0.05, 0.1) is 16.7 Å². The summed E-state index contributed by atoms with van der Waals surface area (Å²) < 4.78 is 5.20. The van der Waals surface area contributed by atoms with Crippen LogP contribution in [-0.4, -0.2) is 29.2 Å². The van der Waals surface area contributed by atoms with Crippen LogP contribution in [0.4, 0.5) is 0 Å². The van der Waals surface area contributed by atoms with Crippen LogP contribution in [0.3, 0.4) is 0 Å². The van der Waals surface area contributed by atoms with Crippen LogP contribution in [0.1, 0.15) is 6.92 Å². The molecule has 4 rings (SSSR count). The van der Waals surface area contributed by atoms with Gasteiger partial charge in [-0.15, -0.1) is 5.10 Å². The lowest BCUT2D eigenvalue weighted by Crippen LogP contribution is -2.21. The standard InChI is InChI=1S/C14H12N6O/c1-2-18-11-5-3-4-6-12(11)19-8-10(7-13(19)14(18)21)20-9-15-16-17-20/h3-9H,2H2,1H3. The minimum absolute atomic E-state index is 0.0180. The summed E-state index contributed by atoms with van der Waals surface area (Å²) in [5.41, 5.74) is 3.25. The van der Waals surface area contributed by atoms with Crippen molar-refractivity contribution in [2.24, 2.45) is 0 Å². The van der Waals surface area contributed by atoms with E-state index in [1.165, 1.54) is 11.0 Å². The van der Waals surface area contributed by atoms with Crippen LogP contribution < -0.4 is 5.56 Å². The SMILES string of the molecule is CCn1c(=O)c2cc(-n3cnnn3)cn2c2ccccc21. The smallest absolute Gasteiger partial charge is 0.275 e. The van der Waals surface area contributed by atoms with E-state index in [1.807, 2.05) is 41.8 Å². The van der Waals surface area contributed by atoms with E-state index in [9.17, 15) is 4.79 Å². The van der Waals surface area contributed by atoms with Gasteiger partial charge < -0.3 is 8.97 Å². The van der Waals surface area contributed by atoms with Crippen LogP contribution in [0.25, 0.3) is 22.2 Å². The highest BCUT2D eigenvalue weighted by Gasteiger charge is 2.12. The van der Waals surface area contributed by atoms with Crippen molar-refractivity contribution in [3.8, 4) is 5.69 Å². The van der Waals surface area contributed by atoms with Crippen LogP contribution in [0, 0.1) is 0 Å². The van der Waals surface area contributed by atoms with Gasteiger partial charge in [0.15, 0.2) is 0 Å². The number of rotatable bonds is 2. The number of benzene rings is 1. The van der Waals surface area contributed by atoms with Crippen LogP contribution in [-0.2, 0) is 6.54 Å². The van der Waals surface area contributed by atoms with Crippen molar-refractivity contribution in [3.05, 3.63) is 53.2 Å². The maximum absolute atomic E-state index is 12.6. The molecular formula is C14H12N6O. The number of nitrogens with zero attached hydrogens (tertiary/aromatic N) is 6. The van der Waals surface area contributed by atoms with Crippen LogP contribution in [0.15, 0.2) is 47.7 Å². The highest BCUT2D eigenvalue weighted by atomic mass is 16.1. The van der Waals surface area contributed by atoms with E-state index in [2.05, 4.69) is 15.5 Å². The second kappa shape index (κ2) is 4.27. The average molecular weight is 280 g/mol. The highest BCUT2D eigenvalue weighted by molar-refractivity contribution is 5.79. The van der Waals surface area contributed by atoms with Crippen molar-refractivity contribution in [3.63, 3.8) is 0 Å². The molecule has 7 nitrogen and oxygen atoms in total. The minimum atomic E-state index is -0.0180. The Morgan fingerprint density at radius 1 is 1.14 bits per heavy atom. The molecule has 0 aliphatic carbocycles. The molecule has 0 amide bonds. The van der Waals surface area contributed by atoms with Gasteiger partial charge in [-0.3, -0.25) is 4.79 Å². The number of aromatic nitrogens is 6. The van der Waals surface area contributed by atoms with Gasteiger partial charge in [-0.1, -0.05) is 12.1 Å². The summed E-state index contributed by atoms with van der Waals surface area (Å²) in [4.78, 5) is 12.6. The molecule has 0 N–H and O–H groups in total. The average Bonchev–Trinajstić information content (AvgIpc) is 3.17. The van der Waals surface area contributed by atoms with Crippen LogP contribution in [0.5, 0.6) is 0 Å². The van der Waals surface area contributed by atoms with E-state index in [-0.39, 0.29) is 5.56 Å². The maximum atomic E-state index is 12.6. The molecule has 0 bridgehead atoms. The molecule has 21 heavy (non-hydrogen) atoms. The molecular weight excluding hydrogens is 268 g/mol. The molecule has 3 aromatic heterocycles. The van der Waals surface area contributed by atoms with E-state index >= 15 is 0 Å². The molecule has 4 aromatic rings. The van der Waals surface area contributed by atoms with E-state index in [0.717, 1.165) is 16.7 Å². The maximum Gasteiger partial charge on any atom is 0.275 e. The number of para-hydroxylation sites is 2. The molecule has 0 aliphatic heterocycles. The first kappa shape index (κ1) is 11.8. The lowest BCUT2D eigenvalue weighted by Gasteiger charge is -2.09. The monoisotopic (exact) mass is 280 g/mol. The van der Waals surface area contributed by atoms with Crippen molar-refractivity contribution >= 4 is 16.6 Å². The van der Waals surface area contributed by atoms with Gasteiger partial charge in [-0.2, -0.15) is 4.68 Å². The second-order valence-corrected chi connectivity index (χ2v) is 4.75. The Bertz CT molecular complexity index is 996. The molecule has 7 heteroatoms. The Kier molecular flexibility index (Phi) is 2.41. The fraction of sp³-hybridized carbons (Fsp3) is 0.143. The number of tetrazole rings is 1. The van der Waals surface area contributed by atoms with Crippen LogP contribution >= 0.6 is 0 Å². The first-order valence-corrected chi connectivity index (χ1v) is 6.66. The van der Waals surface area contributed by atoms with E-state index < -0.39 is 0 Å². The summed E-state index contributed by atoms with van der Waals surface area (Å²) in [6, 6.07) is 9.65. The third-order valence-electron chi connectivity index (χ3n) is 3.63. The molecule has 0 atom stereocenters. The lowest BCUT2D eigenvalue weighted by atomic mass is 10.3. The number of hydrogen-bond donors (Lipinski definition) is 0. The topological polar surface area (TPSA) is 70.0 Å². The van der Waals surface area contributed by atoms with Gasteiger partial charge in [-0.25, -0.2) is 0 Å². The molecule has 0 unspecified atom stereocenters. The lowest BCUT2D eigenvalue weighted by molar-refractivity contribution is 0.759. The van der Waals surface area contributed by atoms with E-state index in [1.54, 1.807) is 10.6 Å². The van der Waals surface area contributed by atoms with Crippen molar-refractivity contribution < 1.29 is 0 Å². The second-order valence-electron chi connectivity index (χ2n) is 4.75. The predicted molar refractivity (Wildman–Crippen MR) is 77.5 cm³/mol. The fourth-order valence-corrected chi connectivity index (χ4v) is 2.68. The Labute approximate surface area is 119 Å². The van der Waals surface area contributed by atoms with Crippen LogP contribution in [0.2, 0.25) is 0 Å². The summed E-state index contributed by atoms with van der Waals surface area (Å²) in [5.74, 6) is 0. The predicted octanol–water partition coefficient (Wildman–Crippen LogP) is 1.25. The van der Waals surface area contributed by atoms with Gasteiger partial charge in [0, 0.05) is 12.7 Å². The molecule has 0 saturated heterocycles. The Morgan fingerprint density at radius 2 is 1.95 bits per heavy atom. The third-order valence-corrected chi connectivity index (χ3v) is 3.63. The Morgan fingerprint density at radius 3 is 2.67 bits per heavy atom. The molecule has 3 heterocycles. The molecule has 0 saturated carbocycles. The first-order chi connectivity index (χ1) is 10.3. The first-order valence-electron chi connectivity index (χ1n) is 6.66.